The van der Waals surface area contributed by atoms with Crippen LogP contribution in [-0.2, 0) is 10.8 Å². The zero-order valence-electron chi connectivity index (χ0n) is 34.5. The molecule has 0 saturated carbocycles. The highest BCUT2D eigenvalue weighted by atomic mass is 14.4. The van der Waals surface area contributed by atoms with E-state index in [0.717, 1.165) is 0 Å². The Morgan fingerprint density at radius 1 is 0.217 bits per heavy atom. The second-order valence-electron chi connectivity index (χ2n) is 18.1. The topological polar surface area (TPSA) is 0 Å². The number of fused-ring (bicyclic) bond motifs is 12. The van der Waals surface area contributed by atoms with Crippen LogP contribution in [0.4, 0.5) is 0 Å². The molecule has 0 heteroatoms. The maximum Gasteiger partial charge on any atom is 0.0159 e. The fourth-order valence-corrected chi connectivity index (χ4v) is 10.8. The lowest BCUT2D eigenvalue weighted by Crippen LogP contribution is -2.14. The predicted octanol–water partition coefficient (Wildman–Crippen LogP) is 16.4. The Hall–Kier alpha value is -7.02. The first kappa shape index (κ1) is 35.0. The molecule has 12 rings (SSSR count). The highest BCUT2D eigenvalue weighted by molar-refractivity contribution is 6.26. The molecule has 2 aliphatic rings. The van der Waals surface area contributed by atoms with Gasteiger partial charge in [0.1, 0.15) is 0 Å². The monoisotopic (exact) mass is 764 g/mol. The molecule has 0 N–H and O–H groups in total. The average molecular weight is 765 g/mol. The van der Waals surface area contributed by atoms with Crippen LogP contribution in [0, 0.1) is 0 Å². The summed E-state index contributed by atoms with van der Waals surface area (Å²) in [6.45, 7) is 9.43. The van der Waals surface area contributed by atoms with Crippen LogP contribution in [0.5, 0.6) is 0 Å². The standard InChI is InChI=1S/C60H44/c1-59(2)55-21-9-7-19-49(55)51-29-25-43(35-57(51)59)39-15-11-13-37(31-39)41-23-27-47-45-17-5-6-18-46(45)48-28-24-42(34-54(48)53(47)33-41)38-14-12-16-40(32-38)44-26-30-52-50-20-8-10-22-56(50)60(3,4)58(52)36-44/h5-36H,1-4H3. The molecule has 0 bridgehead atoms. The van der Waals surface area contributed by atoms with Gasteiger partial charge in [-0.1, -0.05) is 185 Å². The van der Waals surface area contributed by atoms with Crippen LogP contribution in [0.1, 0.15) is 49.9 Å². The van der Waals surface area contributed by atoms with Gasteiger partial charge in [0.15, 0.2) is 0 Å². The first-order valence-electron chi connectivity index (χ1n) is 21.3. The van der Waals surface area contributed by atoms with Crippen molar-refractivity contribution >= 4 is 32.3 Å². The van der Waals surface area contributed by atoms with Gasteiger partial charge in [-0.25, -0.2) is 0 Å². The normalized spacial score (nSPS) is 14.3. The minimum absolute atomic E-state index is 0.0338. The molecule has 0 amide bonds. The van der Waals surface area contributed by atoms with Crippen molar-refractivity contribution < 1.29 is 0 Å². The van der Waals surface area contributed by atoms with E-state index in [1.54, 1.807) is 0 Å². The molecule has 0 atom stereocenters. The van der Waals surface area contributed by atoms with Crippen molar-refractivity contribution in [1.29, 1.82) is 0 Å². The summed E-state index contributed by atoms with van der Waals surface area (Å²) in [7, 11) is 0. The number of hydrogen-bond acceptors (Lipinski definition) is 0. The van der Waals surface area contributed by atoms with E-state index in [2.05, 4.69) is 222 Å². The van der Waals surface area contributed by atoms with Gasteiger partial charge in [-0.2, -0.15) is 0 Å². The molecule has 60 heavy (non-hydrogen) atoms. The van der Waals surface area contributed by atoms with Crippen molar-refractivity contribution in [3.8, 4) is 66.8 Å². The molecule has 0 aliphatic heterocycles. The molecule has 10 aromatic rings. The summed E-state index contributed by atoms with van der Waals surface area (Å²) in [6.07, 6.45) is 0. The summed E-state index contributed by atoms with van der Waals surface area (Å²) >= 11 is 0. The molecule has 10 aromatic carbocycles. The van der Waals surface area contributed by atoms with Crippen molar-refractivity contribution in [2.75, 3.05) is 0 Å². The Morgan fingerprint density at radius 3 is 0.967 bits per heavy atom. The minimum atomic E-state index is -0.0338. The van der Waals surface area contributed by atoms with Crippen LogP contribution < -0.4 is 0 Å². The van der Waals surface area contributed by atoms with Gasteiger partial charge >= 0.3 is 0 Å². The predicted molar refractivity (Wildman–Crippen MR) is 256 cm³/mol. The van der Waals surface area contributed by atoms with Gasteiger partial charge in [0.25, 0.3) is 0 Å². The number of hydrogen-bond donors (Lipinski definition) is 0. The van der Waals surface area contributed by atoms with Crippen LogP contribution >= 0.6 is 0 Å². The summed E-state index contributed by atoms with van der Waals surface area (Å²) in [5.41, 5.74) is 20.9. The highest BCUT2D eigenvalue weighted by Gasteiger charge is 2.36. The van der Waals surface area contributed by atoms with Gasteiger partial charge in [0.2, 0.25) is 0 Å². The van der Waals surface area contributed by atoms with Crippen LogP contribution in [-0.4, -0.2) is 0 Å². The van der Waals surface area contributed by atoms with E-state index < -0.39 is 0 Å². The molecule has 0 nitrogen and oxygen atoms in total. The molecule has 0 radical (unpaired) electrons. The number of benzene rings is 10. The highest BCUT2D eigenvalue weighted by Crippen LogP contribution is 2.51. The molecule has 0 saturated heterocycles. The van der Waals surface area contributed by atoms with Crippen LogP contribution in [0.3, 0.4) is 0 Å². The fraction of sp³-hybridized carbons (Fsp3) is 0.100. The van der Waals surface area contributed by atoms with E-state index in [0.29, 0.717) is 0 Å². The zero-order chi connectivity index (χ0) is 40.3. The second kappa shape index (κ2) is 12.7. The molecule has 0 aromatic heterocycles. The van der Waals surface area contributed by atoms with Crippen LogP contribution in [0.15, 0.2) is 194 Å². The summed E-state index contributed by atoms with van der Waals surface area (Å²) < 4.78 is 0. The quantitative estimate of drug-likeness (QED) is 0.157. The Bertz CT molecular complexity index is 3200. The maximum absolute atomic E-state index is 2.43. The largest absolute Gasteiger partial charge is 0.0619 e. The molecule has 2 aliphatic carbocycles. The third-order valence-electron chi connectivity index (χ3n) is 14.1. The van der Waals surface area contributed by atoms with E-state index in [1.165, 1.54) is 121 Å². The average Bonchev–Trinajstić information content (AvgIpc) is 3.67. The Morgan fingerprint density at radius 2 is 0.533 bits per heavy atom. The van der Waals surface area contributed by atoms with Crippen molar-refractivity contribution in [1.82, 2.24) is 0 Å². The lowest BCUT2D eigenvalue weighted by molar-refractivity contribution is 0.660. The molecule has 0 heterocycles. The van der Waals surface area contributed by atoms with Crippen molar-refractivity contribution in [2.24, 2.45) is 0 Å². The van der Waals surface area contributed by atoms with Crippen LogP contribution in [0.25, 0.3) is 99.1 Å². The lowest BCUT2D eigenvalue weighted by Gasteiger charge is -2.22. The molecular weight excluding hydrogens is 721 g/mol. The van der Waals surface area contributed by atoms with Gasteiger partial charge in [0, 0.05) is 10.8 Å². The van der Waals surface area contributed by atoms with Crippen molar-refractivity contribution in [2.45, 2.75) is 38.5 Å². The first-order chi connectivity index (χ1) is 29.2. The van der Waals surface area contributed by atoms with Gasteiger partial charge in [-0.15, -0.1) is 0 Å². The molecule has 0 unspecified atom stereocenters. The van der Waals surface area contributed by atoms with Crippen molar-refractivity contribution in [3.63, 3.8) is 0 Å². The van der Waals surface area contributed by atoms with Gasteiger partial charge < -0.3 is 0 Å². The minimum Gasteiger partial charge on any atom is -0.0619 e. The summed E-state index contributed by atoms with van der Waals surface area (Å²) in [5.74, 6) is 0. The Balaban J connectivity index is 0.956. The van der Waals surface area contributed by atoms with Gasteiger partial charge in [0.05, 0.1) is 0 Å². The van der Waals surface area contributed by atoms with E-state index in [-0.39, 0.29) is 10.8 Å². The van der Waals surface area contributed by atoms with E-state index >= 15 is 0 Å². The Labute approximate surface area is 352 Å². The molecule has 284 valence electrons. The summed E-state index contributed by atoms with van der Waals surface area (Å²) in [6, 6.07) is 73.1. The zero-order valence-corrected chi connectivity index (χ0v) is 34.5. The van der Waals surface area contributed by atoms with Crippen LogP contribution in [0.2, 0.25) is 0 Å². The fourth-order valence-electron chi connectivity index (χ4n) is 10.8. The first-order valence-corrected chi connectivity index (χ1v) is 21.3. The Kier molecular flexibility index (Phi) is 7.42. The smallest absolute Gasteiger partial charge is 0.0159 e. The lowest BCUT2D eigenvalue weighted by atomic mass is 9.81. The summed E-state index contributed by atoms with van der Waals surface area (Å²) in [5, 5.41) is 7.71. The van der Waals surface area contributed by atoms with E-state index in [4.69, 9.17) is 0 Å². The third-order valence-corrected chi connectivity index (χ3v) is 14.1. The SMILES string of the molecule is CC1(C)c2ccccc2-c2ccc(-c3cccc(-c4ccc5c6ccccc6c6ccc(-c7cccc(-c8ccc9c(c8)C(C)(C)c8ccccc8-9)c7)cc6c5c4)c3)cc21. The summed E-state index contributed by atoms with van der Waals surface area (Å²) in [4.78, 5) is 0. The van der Waals surface area contributed by atoms with E-state index in [9.17, 15) is 0 Å². The van der Waals surface area contributed by atoms with Crippen molar-refractivity contribution in [3.05, 3.63) is 216 Å². The van der Waals surface area contributed by atoms with E-state index in [1.807, 2.05) is 0 Å². The maximum atomic E-state index is 2.43. The van der Waals surface area contributed by atoms with Gasteiger partial charge in [-0.3, -0.25) is 0 Å². The molecule has 0 spiro atoms. The third kappa shape index (κ3) is 5.10. The number of rotatable bonds is 4. The molecular formula is C60H44. The molecule has 0 fully saturated rings. The van der Waals surface area contributed by atoms with Gasteiger partial charge in [-0.05, 0) is 158 Å². The second-order valence-corrected chi connectivity index (χ2v) is 18.1.